The van der Waals surface area contributed by atoms with Crippen LogP contribution in [0.15, 0.2) is 47.4 Å². The van der Waals surface area contributed by atoms with Gasteiger partial charge in [-0.05, 0) is 66.6 Å². The number of hydrogen-bond acceptors (Lipinski definition) is 5. The number of aryl methyl sites for hydroxylation is 1. The Morgan fingerprint density at radius 3 is 2.55 bits per heavy atom. The normalized spacial score (nSPS) is 16.6. The van der Waals surface area contributed by atoms with E-state index in [1.807, 2.05) is 0 Å². The van der Waals surface area contributed by atoms with Gasteiger partial charge in [-0.15, -0.1) is 0 Å². The minimum absolute atomic E-state index is 0.0909. The first kappa shape index (κ1) is 25.1. The molecular formula is C25H35N3O4S. The second-order valence-corrected chi connectivity index (χ2v) is 11.0. The maximum Gasteiger partial charge on any atom is 0.242 e. The maximum absolute atomic E-state index is 12.4. The molecule has 2 aromatic carbocycles. The summed E-state index contributed by atoms with van der Waals surface area (Å²) < 4.78 is 31.4. The molecule has 1 fully saturated rings. The van der Waals surface area contributed by atoms with Gasteiger partial charge in [0.1, 0.15) is 5.75 Å². The molecule has 1 aliphatic rings. The van der Waals surface area contributed by atoms with Crippen LogP contribution in [0.1, 0.15) is 37.3 Å². The van der Waals surface area contributed by atoms with E-state index in [9.17, 15) is 13.2 Å². The maximum atomic E-state index is 12.4. The zero-order valence-corrected chi connectivity index (χ0v) is 20.8. The molecule has 33 heavy (non-hydrogen) atoms. The van der Waals surface area contributed by atoms with E-state index in [0.717, 1.165) is 24.6 Å². The van der Waals surface area contributed by atoms with Crippen molar-refractivity contribution >= 4 is 21.6 Å². The Labute approximate surface area is 197 Å². The Balaban J connectivity index is 1.55. The third-order valence-corrected chi connectivity index (χ3v) is 7.91. The lowest BCUT2D eigenvalue weighted by Crippen LogP contribution is -2.34. The highest BCUT2D eigenvalue weighted by atomic mass is 32.2. The highest BCUT2D eigenvalue weighted by Gasteiger charge is 2.19. The van der Waals surface area contributed by atoms with Crippen molar-refractivity contribution in [1.82, 2.24) is 9.62 Å². The van der Waals surface area contributed by atoms with Crippen LogP contribution in [0.4, 0.5) is 5.69 Å². The first-order chi connectivity index (χ1) is 15.7. The van der Waals surface area contributed by atoms with Gasteiger partial charge in [0.25, 0.3) is 0 Å². The molecule has 0 radical (unpaired) electrons. The molecule has 1 unspecified atom stereocenters. The molecule has 1 aliphatic heterocycles. The number of nitrogens with one attached hydrogen (secondary N) is 1. The van der Waals surface area contributed by atoms with Gasteiger partial charge in [0.05, 0.1) is 12.0 Å². The standard InChI is InChI=1S/C25H35N3O4S/c1-19-6-5-15-28(18-19)22-10-7-20(8-11-22)17-26-25(29)14-9-21-16-23(12-13-24(21)32-4)33(30,31)27(2)3/h7-8,10-13,16,19H,5-6,9,14-15,17-18H2,1-4H3,(H,26,29). The summed E-state index contributed by atoms with van der Waals surface area (Å²) in [7, 11) is 0.969. The van der Waals surface area contributed by atoms with E-state index in [4.69, 9.17) is 4.74 Å². The van der Waals surface area contributed by atoms with Crippen molar-refractivity contribution in [2.45, 2.75) is 44.0 Å². The van der Waals surface area contributed by atoms with E-state index in [2.05, 4.69) is 41.4 Å². The van der Waals surface area contributed by atoms with Crippen molar-refractivity contribution in [2.24, 2.45) is 5.92 Å². The van der Waals surface area contributed by atoms with E-state index < -0.39 is 10.0 Å². The summed E-state index contributed by atoms with van der Waals surface area (Å²) in [5, 5.41) is 2.96. The van der Waals surface area contributed by atoms with Gasteiger partial charge < -0.3 is 15.0 Å². The summed E-state index contributed by atoms with van der Waals surface area (Å²) in [5.41, 5.74) is 2.97. The fourth-order valence-corrected chi connectivity index (χ4v) is 5.06. The number of carbonyl (C=O) groups is 1. The molecule has 3 rings (SSSR count). The van der Waals surface area contributed by atoms with E-state index in [1.165, 1.54) is 50.1 Å². The highest BCUT2D eigenvalue weighted by molar-refractivity contribution is 7.89. The van der Waals surface area contributed by atoms with Crippen LogP contribution in [0.2, 0.25) is 0 Å². The molecule has 7 nitrogen and oxygen atoms in total. The van der Waals surface area contributed by atoms with Gasteiger partial charge in [-0.2, -0.15) is 0 Å². The van der Waals surface area contributed by atoms with E-state index in [-0.39, 0.29) is 17.2 Å². The minimum Gasteiger partial charge on any atom is -0.496 e. The number of carbonyl (C=O) groups excluding carboxylic acids is 1. The first-order valence-corrected chi connectivity index (χ1v) is 12.8. The average Bonchev–Trinajstić information content (AvgIpc) is 2.81. The fraction of sp³-hybridized carbons (Fsp3) is 0.480. The van der Waals surface area contributed by atoms with Gasteiger partial charge in [0, 0.05) is 45.8 Å². The Hall–Kier alpha value is -2.58. The Morgan fingerprint density at radius 1 is 1.18 bits per heavy atom. The Kier molecular flexibility index (Phi) is 8.37. The lowest BCUT2D eigenvalue weighted by Gasteiger charge is -2.32. The molecule has 1 saturated heterocycles. The fourth-order valence-electron chi connectivity index (χ4n) is 4.11. The monoisotopic (exact) mass is 473 g/mol. The predicted molar refractivity (Wildman–Crippen MR) is 131 cm³/mol. The van der Waals surface area contributed by atoms with Crippen molar-refractivity contribution in [3.05, 3.63) is 53.6 Å². The molecule has 0 bridgehead atoms. The average molecular weight is 474 g/mol. The Morgan fingerprint density at radius 2 is 1.91 bits per heavy atom. The van der Waals surface area contributed by atoms with Gasteiger partial charge in [-0.25, -0.2) is 12.7 Å². The summed E-state index contributed by atoms with van der Waals surface area (Å²) in [6.45, 7) is 4.95. The van der Waals surface area contributed by atoms with Gasteiger partial charge in [0.2, 0.25) is 15.9 Å². The molecule has 180 valence electrons. The zero-order chi connectivity index (χ0) is 24.0. The van der Waals surface area contributed by atoms with Crippen molar-refractivity contribution in [3.63, 3.8) is 0 Å². The van der Waals surface area contributed by atoms with Crippen LogP contribution in [0.5, 0.6) is 5.75 Å². The Bertz CT molecular complexity index is 1050. The topological polar surface area (TPSA) is 79.0 Å². The third-order valence-electron chi connectivity index (χ3n) is 6.10. The lowest BCUT2D eigenvalue weighted by molar-refractivity contribution is -0.121. The highest BCUT2D eigenvalue weighted by Crippen LogP contribution is 2.25. The van der Waals surface area contributed by atoms with Crippen LogP contribution in [0, 0.1) is 5.92 Å². The predicted octanol–water partition coefficient (Wildman–Crippen LogP) is 3.43. The smallest absolute Gasteiger partial charge is 0.242 e. The van der Waals surface area contributed by atoms with Gasteiger partial charge in [-0.1, -0.05) is 19.1 Å². The number of hydrogen-bond donors (Lipinski definition) is 1. The summed E-state index contributed by atoms with van der Waals surface area (Å²) in [6.07, 6.45) is 3.15. The molecule has 0 aromatic heterocycles. The number of benzene rings is 2. The number of anilines is 1. The quantitative estimate of drug-likeness (QED) is 0.604. The molecule has 1 atom stereocenters. The second-order valence-electron chi connectivity index (χ2n) is 8.90. The van der Waals surface area contributed by atoms with Crippen LogP contribution < -0.4 is 15.0 Å². The minimum atomic E-state index is -3.55. The largest absolute Gasteiger partial charge is 0.496 e. The number of amides is 1. The molecule has 1 amide bonds. The third kappa shape index (κ3) is 6.48. The summed E-state index contributed by atoms with van der Waals surface area (Å²) in [5.74, 6) is 1.20. The van der Waals surface area contributed by atoms with Crippen molar-refractivity contribution in [3.8, 4) is 5.75 Å². The number of nitrogens with zero attached hydrogens (tertiary/aromatic N) is 2. The second kappa shape index (κ2) is 11.0. The number of rotatable bonds is 9. The van der Waals surface area contributed by atoms with Crippen LogP contribution in [0.3, 0.4) is 0 Å². The SMILES string of the molecule is COc1ccc(S(=O)(=O)N(C)C)cc1CCC(=O)NCc1ccc(N2CCCC(C)C2)cc1. The zero-order valence-electron chi connectivity index (χ0n) is 20.0. The molecule has 1 heterocycles. The first-order valence-electron chi connectivity index (χ1n) is 11.4. The van der Waals surface area contributed by atoms with Crippen LogP contribution in [-0.2, 0) is 27.8 Å². The van der Waals surface area contributed by atoms with E-state index in [1.54, 1.807) is 12.1 Å². The lowest BCUT2D eigenvalue weighted by atomic mass is 9.99. The van der Waals surface area contributed by atoms with Crippen LogP contribution in [-0.4, -0.2) is 52.9 Å². The van der Waals surface area contributed by atoms with E-state index >= 15 is 0 Å². The molecular weight excluding hydrogens is 438 g/mol. The molecule has 2 aromatic rings. The number of ether oxygens (including phenoxy) is 1. The molecule has 0 spiro atoms. The molecule has 8 heteroatoms. The van der Waals surface area contributed by atoms with Crippen molar-refractivity contribution in [1.29, 1.82) is 0 Å². The van der Waals surface area contributed by atoms with E-state index in [0.29, 0.717) is 24.3 Å². The van der Waals surface area contributed by atoms with Gasteiger partial charge >= 0.3 is 0 Å². The number of sulfonamides is 1. The van der Waals surface area contributed by atoms with Crippen LogP contribution >= 0.6 is 0 Å². The number of piperidine rings is 1. The number of methoxy groups -OCH3 is 1. The molecule has 1 N–H and O–H groups in total. The molecule has 0 aliphatic carbocycles. The van der Waals surface area contributed by atoms with Crippen molar-refractivity contribution in [2.75, 3.05) is 39.2 Å². The van der Waals surface area contributed by atoms with Crippen molar-refractivity contribution < 1.29 is 17.9 Å². The van der Waals surface area contributed by atoms with Gasteiger partial charge in [-0.3, -0.25) is 4.79 Å². The summed E-state index contributed by atoms with van der Waals surface area (Å²) in [4.78, 5) is 15.1. The van der Waals surface area contributed by atoms with Crippen LogP contribution in [0.25, 0.3) is 0 Å². The van der Waals surface area contributed by atoms with Gasteiger partial charge in [0.15, 0.2) is 0 Å². The summed E-state index contributed by atoms with van der Waals surface area (Å²) >= 11 is 0. The molecule has 0 saturated carbocycles. The summed E-state index contributed by atoms with van der Waals surface area (Å²) in [6, 6.07) is 13.1.